The molecule has 0 heterocycles. The van der Waals surface area contributed by atoms with Gasteiger partial charge in [-0.25, -0.2) is 0 Å². The van der Waals surface area contributed by atoms with Gasteiger partial charge in [0.15, 0.2) is 0 Å². The van der Waals surface area contributed by atoms with Crippen LogP contribution in [0.3, 0.4) is 0 Å². The predicted octanol–water partition coefficient (Wildman–Crippen LogP) is 8.23. The van der Waals surface area contributed by atoms with Crippen LogP contribution in [0.15, 0.2) is 23.8 Å². The maximum Gasteiger partial charge on any atom is 0.302 e. The van der Waals surface area contributed by atoms with E-state index >= 15 is 0 Å². The van der Waals surface area contributed by atoms with E-state index in [-0.39, 0.29) is 12.1 Å². The first-order valence-corrected chi connectivity index (χ1v) is 14.0. The molecule has 2 nitrogen and oxygen atoms in total. The zero-order chi connectivity index (χ0) is 24.1. The summed E-state index contributed by atoms with van der Waals surface area (Å²) in [5.41, 5.74) is 2.40. The zero-order valence-electron chi connectivity index (χ0n) is 22.7. The second-order valence-corrected chi connectivity index (χ2v) is 13.3. The largest absolute Gasteiger partial charge is 0.462 e. The van der Waals surface area contributed by atoms with Crippen LogP contribution in [0.5, 0.6) is 0 Å². The Morgan fingerprint density at radius 3 is 2.42 bits per heavy atom. The lowest BCUT2D eigenvalue weighted by Gasteiger charge is -2.60. The van der Waals surface area contributed by atoms with E-state index in [1.165, 1.54) is 32.1 Å². The number of hydrogen-bond acceptors (Lipinski definition) is 2. The van der Waals surface area contributed by atoms with Crippen molar-refractivity contribution in [2.45, 2.75) is 106 Å². The summed E-state index contributed by atoms with van der Waals surface area (Å²) in [4.78, 5) is 11.6. The Bertz CT molecular complexity index is 793. The Hall–Kier alpha value is -1.05. The molecule has 0 bridgehead atoms. The first-order chi connectivity index (χ1) is 15.5. The van der Waals surface area contributed by atoms with Gasteiger partial charge >= 0.3 is 5.97 Å². The quantitative estimate of drug-likeness (QED) is 0.309. The average molecular weight is 455 g/mol. The van der Waals surface area contributed by atoms with Crippen molar-refractivity contribution in [2.75, 3.05) is 0 Å². The van der Waals surface area contributed by atoms with Crippen molar-refractivity contribution in [1.29, 1.82) is 0 Å². The minimum Gasteiger partial charge on any atom is -0.462 e. The number of esters is 1. The summed E-state index contributed by atoms with van der Waals surface area (Å²) in [6.45, 7) is 18.8. The van der Waals surface area contributed by atoms with Crippen LogP contribution in [0.4, 0.5) is 0 Å². The molecule has 33 heavy (non-hydrogen) atoms. The molecular formula is C31H50O2. The van der Waals surface area contributed by atoms with E-state index in [0.717, 1.165) is 42.4 Å². The number of ether oxygens (including phenoxy) is 1. The molecule has 0 aromatic rings. The van der Waals surface area contributed by atoms with Crippen molar-refractivity contribution in [3.63, 3.8) is 0 Å². The standard InChI is InChI=1S/C31H50O2/c1-19(2)20(3)9-10-21(4)26-11-12-27-29-22(5)17-24-18-25(33-23(6)32)13-15-30(24,7)28(29)14-16-31(26,27)8/h9-10,17,19-22,25-29H,11-16,18H2,1-8H3/b10-9+/t20-,21-,22-,25-,26-,27+,28-,29+,30-,31-/m1/s1. The third kappa shape index (κ3) is 4.38. The first kappa shape index (κ1) is 25.1. The van der Waals surface area contributed by atoms with Crippen molar-refractivity contribution in [2.24, 2.45) is 58.2 Å². The topological polar surface area (TPSA) is 26.3 Å². The molecular weight excluding hydrogens is 404 g/mol. The van der Waals surface area contributed by atoms with Gasteiger partial charge in [0.05, 0.1) is 0 Å². The fourth-order valence-electron chi connectivity index (χ4n) is 8.93. The fraction of sp³-hybridized carbons (Fsp3) is 0.839. The highest BCUT2D eigenvalue weighted by molar-refractivity contribution is 5.66. The van der Waals surface area contributed by atoms with Crippen LogP contribution >= 0.6 is 0 Å². The molecule has 4 aliphatic rings. The molecule has 10 atom stereocenters. The van der Waals surface area contributed by atoms with E-state index in [2.05, 4.69) is 66.7 Å². The van der Waals surface area contributed by atoms with Crippen LogP contribution in [-0.2, 0) is 9.53 Å². The second-order valence-electron chi connectivity index (χ2n) is 13.3. The molecule has 0 aromatic carbocycles. The van der Waals surface area contributed by atoms with Crippen molar-refractivity contribution in [3.8, 4) is 0 Å². The lowest BCUT2D eigenvalue weighted by Crippen LogP contribution is -2.53. The van der Waals surface area contributed by atoms with E-state index in [0.29, 0.717) is 28.6 Å². The SMILES string of the molecule is CC(=O)O[C@@H]1CC[C@]2(C)C(=C[C@@H](C)[C@@H]3[C@H]2CC[C@]2(C)[C@@H]([C@H](C)/C=C/[C@@H](C)C(C)C)CC[C@@H]32)C1. The van der Waals surface area contributed by atoms with E-state index in [9.17, 15) is 4.79 Å². The lowest BCUT2D eigenvalue weighted by molar-refractivity contribution is -0.149. The monoisotopic (exact) mass is 454 g/mol. The van der Waals surface area contributed by atoms with Crippen molar-refractivity contribution < 1.29 is 9.53 Å². The van der Waals surface area contributed by atoms with Crippen LogP contribution in [-0.4, -0.2) is 12.1 Å². The zero-order valence-corrected chi connectivity index (χ0v) is 22.7. The van der Waals surface area contributed by atoms with Crippen LogP contribution in [0.1, 0.15) is 100 Å². The highest BCUT2D eigenvalue weighted by atomic mass is 16.5. The summed E-state index contributed by atoms with van der Waals surface area (Å²) in [7, 11) is 0. The minimum atomic E-state index is -0.123. The molecule has 3 saturated carbocycles. The molecule has 186 valence electrons. The lowest BCUT2D eigenvalue weighted by atomic mass is 9.45. The predicted molar refractivity (Wildman–Crippen MR) is 138 cm³/mol. The summed E-state index contributed by atoms with van der Waals surface area (Å²) in [6, 6.07) is 0. The minimum absolute atomic E-state index is 0.0937. The molecule has 0 amide bonds. The van der Waals surface area contributed by atoms with E-state index < -0.39 is 0 Å². The second kappa shape index (κ2) is 9.19. The normalized spacial score (nSPS) is 44.6. The molecule has 0 radical (unpaired) electrons. The summed E-state index contributed by atoms with van der Waals surface area (Å²) in [5.74, 6) is 5.88. The highest BCUT2D eigenvalue weighted by Gasteiger charge is 2.60. The molecule has 4 rings (SSSR count). The van der Waals surface area contributed by atoms with Gasteiger partial charge in [-0.2, -0.15) is 0 Å². The summed E-state index contributed by atoms with van der Waals surface area (Å²) >= 11 is 0. The van der Waals surface area contributed by atoms with Gasteiger partial charge < -0.3 is 4.74 Å². The number of carbonyl (C=O) groups is 1. The Balaban J connectivity index is 1.55. The summed E-state index contributed by atoms with van der Waals surface area (Å²) in [5, 5.41) is 0. The number of carbonyl (C=O) groups excluding carboxylic acids is 1. The third-order valence-electron chi connectivity index (χ3n) is 11.2. The molecule has 0 aliphatic heterocycles. The molecule has 0 N–H and O–H groups in total. The number of rotatable bonds is 5. The number of hydrogen-bond donors (Lipinski definition) is 0. The van der Waals surface area contributed by atoms with Gasteiger partial charge in [-0.15, -0.1) is 0 Å². The third-order valence-corrected chi connectivity index (χ3v) is 11.2. The fourth-order valence-corrected chi connectivity index (χ4v) is 8.93. The number of allylic oxidation sites excluding steroid dienone is 3. The van der Waals surface area contributed by atoms with Crippen LogP contribution in [0.2, 0.25) is 0 Å². The summed E-state index contributed by atoms with van der Waals surface area (Å²) in [6.07, 6.45) is 16.6. The summed E-state index contributed by atoms with van der Waals surface area (Å²) < 4.78 is 5.65. The Kier molecular flexibility index (Phi) is 6.98. The van der Waals surface area contributed by atoms with Gasteiger partial charge in [0.2, 0.25) is 0 Å². The first-order valence-electron chi connectivity index (χ1n) is 14.0. The van der Waals surface area contributed by atoms with E-state index in [1.807, 2.05) is 0 Å². The maximum absolute atomic E-state index is 11.6. The van der Waals surface area contributed by atoms with E-state index in [1.54, 1.807) is 12.5 Å². The molecule has 0 aromatic heterocycles. The smallest absolute Gasteiger partial charge is 0.302 e. The molecule has 4 aliphatic carbocycles. The maximum atomic E-state index is 11.6. The van der Waals surface area contributed by atoms with Crippen LogP contribution < -0.4 is 0 Å². The van der Waals surface area contributed by atoms with Gasteiger partial charge in [0.1, 0.15) is 6.10 Å². The van der Waals surface area contributed by atoms with Crippen molar-refractivity contribution >= 4 is 5.97 Å². The Morgan fingerprint density at radius 2 is 1.76 bits per heavy atom. The van der Waals surface area contributed by atoms with Crippen LogP contribution in [0, 0.1) is 58.2 Å². The molecule has 0 saturated heterocycles. The molecule has 3 fully saturated rings. The van der Waals surface area contributed by atoms with Gasteiger partial charge in [-0.05, 0) is 96.7 Å². The van der Waals surface area contributed by atoms with Gasteiger partial charge in [0.25, 0.3) is 0 Å². The Labute approximate surface area is 204 Å². The highest BCUT2D eigenvalue weighted by Crippen LogP contribution is 2.68. The Morgan fingerprint density at radius 1 is 1.03 bits per heavy atom. The molecule has 0 unspecified atom stereocenters. The van der Waals surface area contributed by atoms with Crippen molar-refractivity contribution in [3.05, 3.63) is 23.8 Å². The van der Waals surface area contributed by atoms with Gasteiger partial charge in [0, 0.05) is 13.3 Å². The average Bonchev–Trinajstić information content (AvgIpc) is 3.09. The molecule has 2 heteroatoms. The van der Waals surface area contributed by atoms with E-state index in [4.69, 9.17) is 4.74 Å². The molecule has 0 spiro atoms. The van der Waals surface area contributed by atoms with Crippen LogP contribution in [0.25, 0.3) is 0 Å². The number of fused-ring (bicyclic) bond motifs is 5. The van der Waals surface area contributed by atoms with Gasteiger partial charge in [-0.3, -0.25) is 4.79 Å². The van der Waals surface area contributed by atoms with Crippen molar-refractivity contribution in [1.82, 2.24) is 0 Å². The van der Waals surface area contributed by atoms with Gasteiger partial charge in [-0.1, -0.05) is 72.3 Å².